The maximum Gasteiger partial charge on any atom is 0.206 e. The molecule has 1 saturated carbocycles. The molecule has 7 rings (SSSR count). The van der Waals surface area contributed by atoms with Gasteiger partial charge in [-0.1, -0.05) is 37.1 Å². The molecule has 3 fully saturated rings. The number of anilines is 1. The van der Waals surface area contributed by atoms with Crippen LogP contribution in [-0.2, 0) is 21.8 Å². The number of hydrogen-bond acceptors (Lipinski definition) is 6. The minimum atomic E-state index is -3.51. The largest absolute Gasteiger partial charge is 0.371 e. The van der Waals surface area contributed by atoms with Crippen LogP contribution in [0.5, 0.6) is 0 Å². The molecule has 6 nitrogen and oxygen atoms in total. The summed E-state index contributed by atoms with van der Waals surface area (Å²) in [5.74, 6) is 2.24. The Morgan fingerprint density at radius 2 is 1.48 bits per heavy atom. The Hall–Kier alpha value is -2.74. The molecule has 1 aliphatic carbocycles. The van der Waals surface area contributed by atoms with Crippen molar-refractivity contribution < 1.29 is 8.42 Å². The van der Waals surface area contributed by atoms with Crippen LogP contribution in [0.3, 0.4) is 0 Å². The zero-order valence-corrected chi connectivity index (χ0v) is 27.3. The Labute approximate surface area is 264 Å². The van der Waals surface area contributed by atoms with Crippen molar-refractivity contribution in [2.45, 2.75) is 80.2 Å². The van der Waals surface area contributed by atoms with Gasteiger partial charge in [0.05, 0.1) is 9.79 Å². The molecule has 7 heteroatoms. The van der Waals surface area contributed by atoms with Crippen LogP contribution in [0.2, 0.25) is 0 Å². The summed E-state index contributed by atoms with van der Waals surface area (Å²) in [5.41, 5.74) is 4.68. The lowest BCUT2D eigenvalue weighted by Gasteiger charge is -2.55. The van der Waals surface area contributed by atoms with Crippen molar-refractivity contribution in [2.75, 3.05) is 44.2 Å². The summed E-state index contributed by atoms with van der Waals surface area (Å²) in [4.78, 5) is 12.5. The van der Waals surface area contributed by atoms with Crippen LogP contribution in [0, 0.1) is 17.8 Å². The Balaban J connectivity index is 0.979. The first-order valence-electron chi connectivity index (χ1n) is 16.9. The van der Waals surface area contributed by atoms with Crippen molar-refractivity contribution >= 4 is 15.5 Å². The molecular formula is C37H48N4O2S. The van der Waals surface area contributed by atoms with E-state index in [9.17, 15) is 8.42 Å². The fourth-order valence-electron chi connectivity index (χ4n) is 9.03. The maximum atomic E-state index is 12.9. The van der Waals surface area contributed by atoms with E-state index in [1.54, 1.807) is 35.4 Å². The predicted molar refractivity (Wildman–Crippen MR) is 177 cm³/mol. The van der Waals surface area contributed by atoms with Gasteiger partial charge >= 0.3 is 0 Å². The Morgan fingerprint density at radius 1 is 0.841 bits per heavy atom. The molecule has 0 N–H and O–H groups in total. The summed E-state index contributed by atoms with van der Waals surface area (Å²) in [6.07, 6.45) is 11.2. The number of pyridine rings is 1. The van der Waals surface area contributed by atoms with E-state index in [0.717, 1.165) is 37.2 Å². The molecule has 4 heterocycles. The summed E-state index contributed by atoms with van der Waals surface area (Å²) >= 11 is 0. The molecule has 0 radical (unpaired) electrons. The zero-order chi connectivity index (χ0) is 30.3. The third-order valence-corrected chi connectivity index (χ3v) is 13.2. The average Bonchev–Trinajstić information content (AvgIpc) is 3.59. The van der Waals surface area contributed by atoms with Gasteiger partial charge in [-0.2, -0.15) is 0 Å². The number of benzene rings is 2. The van der Waals surface area contributed by atoms with Gasteiger partial charge in [-0.15, -0.1) is 0 Å². The summed E-state index contributed by atoms with van der Waals surface area (Å²) < 4.78 is 25.9. The molecule has 44 heavy (non-hydrogen) atoms. The average molecular weight is 613 g/mol. The van der Waals surface area contributed by atoms with E-state index in [0.29, 0.717) is 22.3 Å². The summed E-state index contributed by atoms with van der Waals surface area (Å²) in [7, 11) is -3.51. The van der Waals surface area contributed by atoms with Gasteiger partial charge in [0.2, 0.25) is 9.84 Å². The number of hydrogen-bond donors (Lipinski definition) is 0. The van der Waals surface area contributed by atoms with Gasteiger partial charge in [-0.3, -0.25) is 9.88 Å². The van der Waals surface area contributed by atoms with Gasteiger partial charge in [-0.05, 0) is 112 Å². The van der Waals surface area contributed by atoms with Crippen molar-refractivity contribution in [3.63, 3.8) is 0 Å². The highest BCUT2D eigenvalue weighted by molar-refractivity contribution is 7.91. The smallest absolute Gasteiger partial charge is 0.206 e. The number of sulfone groups is 1. The molecule has 3 aliphatic heterocycles. The first-order valence-corrected chi connectivity index (χ1v) is 18.4. The number of fused-ring (bicyclic) bond motifs is 1. The van der Waals surface area contributed by atoms with E-state index in [1.165, 1.54) is 77.1 Å². The topological polar surface area (TPSA) is 56.8 Å². The first kappa shape index (κ1) is 29.9. The molecule has 3 aromatic rings. The summed E-state index contributed by atoms with van der Waals surface area (Å²) in [5, 5.41) is 0. The highest BCUT2D eigenvalue weighted by Crippen LogP contribution is 2.53. The van der Waals surface area contributed by atoms with Crippen molar-refractivity contribution in [3.05, 3.63) is 84.2 Å². The number of rotatable bonds is 8. The van der Waals surface area contributed by atoms with E-state index in [-0.39, 0.29) is 4.90 Å². The van der Waals surface area contributed by atoms with Crippen molar-refractivity contribution in [1.29, 1.82) is 0 Å². The van der Waals surface area contributed by atoms with Crippen LogP contribution in [-0.4, -0.2) is 68.5 Å². The molecule has 2 aromatic carbocycles. The van der Waals surface area contributed by atoms with Gasteiger partial charge in [0.25, 0.3) is 0 Å². The highest BCUT2D eigenvalue weighted by atomic mass is 32.2. The zero-order valence-electron chi connectivity index (χ0n) is 26.4. The molecule has 1 unspecified atom stereocenters. The van der Waals surface area contributed by atoms with Crippen LogP contribution in [0.4, 0.5) is 5.69 Å². The lowest BCUT2D eigenvalue weighted by Crippen LogP contribution is -2.58. The van der Waals surface area contributed by atoms with Gasteiger partial charge < -0.3 is 9.80 Å². The molecule has 4 aliphatic rings. The molecule has 0 bridgehead atoms. The van der Waals surface area contributed by atoms with Crippen molar-refractivity contribution in [3.8, 4) is 0 Å². The van der Waals surface area contributed by atoms with Crippen LogP contribution >= 0.6 is 0 Å². The van der Waals surface area contributed by atoms with Crippen molar-refractivity contribution in [2.24, 2.45) is 17.8 Å². The van der Waals surface area contributed by atoms with Gasteiger partial charge in [0.1, 0.15) is 0 Å². The number of likely N-dealkylation sites (tertiary alicyclic amines) is 1. The normalized spacial score (nSPS) is 24.5. The van der Waals surface area contributed by atoms with E-state index < -0.39 is 9.84 Å². The minimum absolute atomic E-state index is 0.284. The quantitative estimate of drug-likeness (QED) is 0.293. The number of aromatic nitrogens is 1. The van der Waals surface area contributed by atoms with Crippen LogP contribution in [0.25, 0.3) is 0 Å². The fraction of sp³-hybridized carbons (Fsp3) is 0.541. The third kappa shape index (κ3) is 5.50. The lowest BCUT2D eigenvalue weighted by molar-refractivity contribution is 0.0242. The summed E-state index contributed by atoms with van der Waals surface area (Å²) in [6.45, 7) is 12.8. The summed E-state index contributed by atoms with van der Waals surface area (Å²) in [6, 6.07) is 20.6. The van der Waals surface area contributed by atoms with Gasteiger partial charge in [0, 0.05) is 68.2 Å². The van der Waals surface area contributed by atoms with Gasteiger partial charge in [0.15, 0.2) is 0 Å². The minimum Gasteiger partial charge on any atom is -0.371 e. The second kappa shape index (κ2) is 12.2. The second-order valence-corrected chi connectivity index (χ2v) is 16.2. The SMILES string of the molecule is CC(C)N1Cc2ccccc2C(C2CCCC2)(C2CCN(CC3CN(c4ccc(S(=O)(=O)c5ccncc5)cc4)C3)CC2)C1. The molecular weight excluding hydrogens is 565 g/mol. The Bertz CT molecular complexity index is 1520. The first-order chi connectivity index (χ1) is 21.3. The fourth-order valence-corrected chi connectivity index (χ4v) is 10.3. The molecule has 0 spiro atoms. The van der Waals surface area contributed by atoms with Crippen LogP contribution in [0.15, 0.2) is 82.8 Å². The van der Waals surface area contributed by atoms with E-state index >= 15 is 0 Å². The highest BCUT2D eigenvalue weighted by Gasteiger charge is 2.51. The molecule has 234 valence electrons. The lowest BCUT2D eigenvalue weighted by atomic mass is 9.57. The van der Waals surface area contributed by atoms with E-state index in [2.05, 4.69) is 57.8 Å². The monoisotopic (exact) mass is 612 g/mol. The Kier molecular flexibility index (Phi) is 8.32. The van der Waals surface area contributed by atoms with E-state index in [4.69, 9.17) is 0 Å². The number of nitrogens with zero attached hydrogens (tertiary/aromatic N) is 4. The maximum absolute atomic E-state index is 12.9. The molecule has 1 aromatic heterocycles. The van der Waals surface area contributed by atoms with Crippen LogP contribution < -0.4 is 4.90 Å². The number of piperidine rings is 1. The van der Waals surface area contributed by atoms with E-state index in [1.807, 2.05) is 12.1 Å². The Morgan fingerprint density at radius 3 is 2.16 bits per heavy atom. The third-order valence-electron chi connectivity index (χ3n) is 11.4. The standard InChI is InChI=1S/C37H48N4O2S/c1-28(2)41-26-30-7-3-6-10-36(30)37(27-41,31-8-4-5-9-31)32-17-21-39(22-18-32)23-29-24-40(25-29)33-11-13-34(14-12-33)44(42,43)35-15-19-38-20-16-35/h3,6-7,10-16,19-20,28-29,31-32H,4-5,8-9,17-18,21-27H2,1-2H3. The van der Waals surface area contributed by atoms with Crippen LogP contribution in [0.1, 0.15) is 63.5 Å². The molecule has 2 saturated heterocycles. The van der Waals surface area contributed by atoms with Gasteiger partial charge in [-0.25, -0.2) is 8.42 Å². The predicted octanol–water partition coefficient (Wildman–Crippen LogP) is 6.41. The second-order valence-electron chi connectivity index (χ2n) is 14.2. The van der Waals surface area contributed by atoms with Crippen molar-refractivity contribution in [1.82, 2.24) is 14.8 Å². The molecule has 0 amide bonds. The molecule has 1 atom stereocenters.